The summed E-state index contributed by atoms with van der Waals surface area (Å²) in [5.41, 5.74) is 2.39. The summed E-state index contributed by atoms with van der Waals surface area (Å²) in [5, 5.41) is 1.24. The average Bonchev–Trinajstić information content (AvgIpc) is 2.58. The molecule has 0 radical (unpaired) electrons. The summed E-state index contributed by atoms with van der Waals surface area (Å²) in [6.45, 7) is 7.24. The Morgan fingerprint density at radius 1 is 1.06 bits per heavy atom. The van der Waals surface area contributed by atoms with Gasteiger partial charge in [-0.05, 0) is 11.6 Å². The number of hydrogen-bond acceptors (Lipinski definition) is 0. The zero-order valence-corrected chi connectivity index (χ0v) is 12.4. The number of hydrogen-bond donors (Lipinski definition) is 0. The maximum atomic E-state index is 6.30. The second-order valence-corrected chi connectivity index (χ2v) is 6.26. The van der Waals surface area contributed by atoms with Gasteiger partial charge in [-0.25, -0.2) is 0 Å². The Morgan fingerprint density at radius 2 is 1.67 bits per heavy atom. The molecule has 0 aliphatic carbocycles. The van der Waals surface area contributed by atoms with Crippen LogP contribution in [0, 0.1) is 0 Å². The lowest BCUT2D eigenvalue weighted by Crippen LogP contribution is -2.18. The van der Waals surface area contributed by atoms with Gasteiger partial charge in [-0.3, -0.25) is 0 Å². The molecule has 1 aromatic heterocycles. The Kier molecular flexibility index (Phi) is 3.74. The normalized spacial score (nSPS) is 11.8. The van der Waals surface area contributed by atoms with Crippen molar-refractivity contribution in [1.29, 1.82) is 0 Å². The van der Waals surface area contributed by atoms with Crippen LogP contribution in [0.4, 0.5) is 0 Å². The van der Waals surface area contributed by atoms with Crippen molar-refractivity contribution in [3.8, 4) is 0 Å². The summed E-state index contributed by atoms with van der Waals surface area (Å²) in [6.07, 6.45) is 0. The molecule has 0 fully saturated rings. The molecule has 0 saturated heterocycles. The molecule has 0 aliphatic heterocycles. The Labute approximate surface area is 118 Å². The summed E-state index contributed by atoms with van der Waals surface area (Å²) < 4.78 is 2.08. The SMILES string of the molecule is CC(C)(C)c1cc(Cl)c(Cl)n1Cc1ccccc1. The van der Waals surface area contributed by atoms with E-state index < -0.39 is 0 Å². The highest BCUT2D eigenvalue weighted by atomic mass is 35.5. The van der Waals surface area contributed by atoms with E-state index in [4.69, 9.17) is 23.2 Å². The van der Waals surface area contributed by atoms with Crippen LogP contribution in [-0.2, 0) is 12.0 Å². The minimum atomic E-state index is 0.0194. The highest BCUT2D eigenvalue weighted by Gasteiger charge is 2.22. The first-order valence-corrected chi connectivity index (χ1v) is 6.74. The fourth-order valence-corrected chi connectivity index (χ4v) is 2.44. The molecule has 0 unspecified atom stereocenters. The molecule has 2 aromatic rings. The van der Waals surface area contributed by atoms with Crippen molar-refractivity contribution in [3.05, 3.63) is 57.8 Å². The second-order valence-electron chi connectivity index (χ2n) is 5.49. The third kappa shape index (κ3) is 2.73. The number of halogens is 2. The monoisotopic (exact) mass is 281 g/mol. The van der Waals surface area contributed by atoms with Crippen LogP contribution < -0.4 is 0 Å². The van der Waals surface area contributed by atoms with Gasteiger partial charge >= 0.3 is 0 Å². The molecule has 0 bridgehead atoms. The van der Waals surface area contributed by atoms with Crippen LogP contribution in [-0.4, -0.2) is 4.57 Å². The van der Waals surface area contributed by atoms with Crippen LogP contribution in [0.5, 0.6) is 0 Å². The third-order valence-corrected chi connectivity index (χ3v) is 3.73. The molecule has 0 aliphatic rings. The lowest BCUT2D eigenvalue weighted by atomic mass is 9.92. The van der Waals surface area contributed by atoms with E-state index in [2.05, 4.69) is 37.5 Å². The van der Waals surface area contributed by atoms with Crippen molar-refractivity contribution in [3.63, 3.8) is 0 Å². The van der Waals surface area contributed by atoms with Gasteiger partial charge in [0.25, 0.3) is 0 Å². The molecule has 0 atom stereocenters. The Morgan fingerprint density at radius 3 is 2.22 bits per heavy atom. The van der Waals surface area contributed by atoms with Gasteiger partial charge in [0.05, 0.1) is 5.02 Å². The zero-order valence-electron chi connectivity index (χ0n) is 10.9. The molecule has 0 N–H and O–H groups in total. The van der Waals surface area contributed by atoms with Crippen molar-refractivity contribution in [2.75, 3.05) is 0 Å². The van der Waals surface area contributed by atoms with Crippen LogP contribution in [0.1, 0.15) is 32.0 Å². The fraction of sp³-hybridized carbons (Fsp3) is 0.333. The Balaban J connectivity index is 2.44. The first-order chi connectivity index (χ1) is 8.39. The largest absolute Gasteiger partial charge is 0.330 e. The van der Waals surface area contributed by atoms with Gasteiger partial charge in [-0.2, -0.15) is 0 Å². The third-order valence-electron chi connectivity index (χ3n) is 2.94. The van der Waals surface area contributed by atoms with Crippen LogP contribution in [0.15, 0.2) is 36.4 Å². The molecule has 1 aromatic carbocycles. The van der Waals surface area contributed by atoms with Gasteiger partial charge in [-0.15, -0.1) is 0 Å². The van der Waals surface area contributed by atoms with E-state index in [0.29, 0.717) is 10.2 Å². The van der Waals surface area contributed by atoms with E-state index in [1.807, 2.05) is 24.3 Å². The number of aromatic nitrogens is 1. The minimum absolute atomic E-state index is 0.0194. The summed E-state index contributed by atoms with van der Waals surface area (Å²) in [6, 6.07) is 12.2. The van der Waals surface area contributed by atoms with E-state index in [0.717, 1.165) is 12.2 Å². The molecular formula is C15H17Cl2N. The molecule has 1 nitrogen and oxygen atoms in total. The van der Waals surface area contributed by atoms with Gasteiger partial charge in [0.2, 0.25) is 0 Å². The maximum absolute atomic E-state index is 6.30. The molecule has 0 spiro atoms. The Bertz CT molecular complexity index is 536. The molecule has 96 valence electrons. The van der Waals surface area contributed by atoms with Crippen molar-refractivity contribution in [2.45, 2.75) is 32.7 Å². The summed E-state index contributed by atoms with van der Waals surface area (Å²) >= 11 is 12.5. The number of nitrogens with zero attached hydrogens (tertiary/aromatic N) is 1. The summed E-state index contributed by atoms with van der Waals surface area (Å²) in [5.74, 6) is 0. The second kappa shape index (κ2) is 4.99. The van der Waals surface area contributed by atoms with Crippen molar-refractivity contribution >= 4 is 23.2 Å². The first-order valence-electron chi connectivity index (χ1n) is 5.98. The fourth-order valence-electron chi connectivity index (χ4n) is 2.03. The van der Waals surface area contributed by atoms with Gasteiger partial charge in [0.15, 0.2) is 0 Å². The molecule has 18 heavy (non-hydrogen) atoms. The highest BCUT2D eigenvalue weighted by molar-refractivity contribution is 6.41. The lowest BCUT2D eigenvalue weighted by molar-refractivity contribution is 0.531. The number of benzene rings is 1. The highest BCUT2D eigenvalue weighted by Crippen LogP contribution is 2.33. The molecule has 0 saturated carbocycles. The van der Waals surface area contributed by atoms with Crippen LogP contribution in [0.3, 0.4) is 0 Å². The van der Waals surface area contributed by atoms with Crippen LogP contribution in [0.2, 0.25) is 10.2 Å². The topological polar surface area (TPSA) is 4.93 Å². The first kappa shape index (κ1) is 13.5. The Hall–Kier alpha value is -0.920. The molecule has 2 rings (SSSR count). The molecule has 1 heterocycles. The van der Waals surface area contributed by atoms with E-state index in [1.165, 1.54) is 5.56 Å². The van der Waals surface area contributed by atoms with Crippen molar-refractivity contribution in [2.24, 2.45) is 0 Å². The summed E-state index contributed by atoms with van der Waals surface area (Å²) in [4.78, 5) is 0. The molecule has 0 amide bonds. The van der Waals surface area contributed by atoms with Crippen molar-refractivity contribution in [1.82, 2.24) is 4.57 Å². The molecule has 3 heteroatoms. The van der Waals surface area contributed by atoms with Gasteiger partial charge < -0.3 is 4.57 Å². The predicted molar refractivity (Wildman–Crippen MR) is 78.7 cm³/mol. The quantitative estimate of drug-likeness (QED) is 0.718. The zero-order chi connectivity index (χ0) is 13.3. The van der Waals surface area contributed by atoms with Gasteiger partial charge in [0.1, 0.15) is 5.15 Å². The summed E-state index contributed by atoms with van der Waals surface area (Å²) in [7, 11) is 0. The van der Waals surface area contributed by atoms with Crippen LogP contribution >= 0.6 is 23.2 Å². The van der Waals surface area contributed by atoms with E-state index in [-0.39, 0.29) is 5.41 Å². The predicted octanol–water partition coefficient (Wildman–Crippen LogP) is 5.14. The average molecular weight is 282 g/mol. The van der Waals surface area contributed by atoms with Crippen LogP contribution in [0.25, 0.3) is 0 Å². The van der Waals surface area contributed by atoms with E-state index in [1.54, 1.807) is 0 Å². The van der Waals surface area contributed by atoms with Crippen molar-refractivity contribution < 1.29 is 0 Å². The lowest BCUT2D eigenvalue weighted by Gasteiger charge is -2.22. The molecular weight excluding hydrogens is 265 g/mol. The van der Waals surface area contributed by atoms with E-state index >= 15 is 0 Å². The standard InChI is InChI=1S/C15H17Cl2N/c1-15(2,3)13-9-12(16)14(17)18(13)10-11-7-5-4-6-8-11/h4-9H,10H2,1-3H3. The maximum Gasteiger partial charge on any atom is 0.128 e. The number of rotatable bonds is 2. The smallest absolute Gasteiger partial charge is 0.128 e. The van der Waals surface area contributed by atoms with Gasteiger partial charge in [0, 0.05) is 17.7 Å². The van der Waals surface area contributed by atoms with Gasteiger partial charge in [-0.1, -0.05) is 74.3 Å². The van der Waals surface area contributed by atoms with E-state index in [9.17, 15) is 0 Å². The minimum Gasteiger partial charge on any atom is -0.330 e.